The van der Waals surface area contributed by atoms with Crippen LogP contribution in [0.5, 0.6) is 0 Å². The van der Waals surface area contributed by atoms with Crippen LogP contribution in [0.2, 0.25) is 0 Å². The number of hydrogen-bond acceptors (Lipinski definition) is 9. The van der Waals surface area contributed by atoms with Crippen molar-refractivity contribution in [1.82, 2.24) is 33.8 Å². The molecule has 1 aliphatic heterocycles. The summed E-state index contributed by atoms with van der Waals surface area (Å²) in [7, 11) is 0. The Bertz CT molecular complexity index is 1290. The summed E-state index contributed by atoms with van der Waals surface area (Å²) in [6, 6.07) is 1.97. The third-order valence-corrected chi connectivity index (χ3v) is 6.63. The second-order valence-corrected chi connectivity index (χ2v) is 9.13. The number of aryl methyl sites for hydroxylation is 1. The number of nitrogens with one attached hydrogen (secondary N) is 2. The first-order valence-corrected chi connectivity index (χ1v) is 11.9. The minimum Gasteiger partial charge on any atom is -0.464 e. The minimum absolute atomic E-state index is 0.130. The van der Waals surface area contributed by atoms with Crippen LogP contribution in [0, 0.1) is 6.92 Å². The van der Waals surface area contributed by atoms with E-state index in [1.807, 2.05) is 29.8 Å². The summed E-state index contributed by atoms with van der Waals surface area (Å²) < 4.78 is 26.2. The number of esters is 1. The molecule has 4 aromatic heterocycles. The van der Waals surface area contributed by atoms with Gasteiger partial charge in [-0.3, -0.25) is 14.4 Å². The number of rotatable bonds is 7. The predicted molar refractivity (Wildman–Crippen MR) is 126 cm³/mol. The molecule has 2 N–H and O–H groups in total. The van der Waals surface area contributed by atoms with Gasteiger partial charge in [-0.1, -0.05) is 0 Å². The lowest BCUT2D eigenvalue weighted by Gasteiger charge is -2.34. The SMILES string of the molecule is CCOC(=O)C1(F)CCN(Cc2cc(Nc3nc(C)cn4c(-c5cn[nH]c5)cnc34)sn2)CC1. The molecule has 0 saturated carbocycles. The molecule has 34 heavy (non-hydrogen) atoms. The number of likely N-dealkylation sites (tertiary alicyclic amines) is 1. The number of imidazole rings is 1. The van der Waals surface area contributed by atoms with E-state index in [1.54, 1.807) is 19.3 Å². The van der Waals surface area contributed by atoms with Gasteiger partial charge in [-0.25, -0.2) is 19.2 Å². The molecule has 4 aromatic rings. The van der Waals surface area contributed by atoms with E-state index < -0.39 is 11.6 Å². The summed E-state index contributed by atoms with van der Waals surface area (Å²) in [5.41, 5.74) is 2.38. The first-order chi connectivity index (χ1) is 16.4. The highest BCUT2D eigenvalue weighted by atomic mass is 32.1. The van der Waals surface area contributed by atoms with Crippen LogP contribution in [-0.2, 0) is 16.1 Å². The fourth-order valence-corrected chi connectivity index (χ4v) is 4.78. The van der Waals surface area contributed by atoms with Crippen LogP contribution < -0.4 is 5.32 Å². The van der Waals surface area contributed by atoms with Gasteiger partial charge in [0.2, 0.25) is 5.67 Å². The number of halogens is 1. The van der Waals surface area contributed by atoms with Gasteiger partial charge in [0, 0.05) is 50.4 Å². The van der Waals surface area contributed by atoms with Crippen molar-refractivity contribution in [2.24, 2.45) is 0 Å². The maximum absolute atomic E-state index is 14.8. The lowest BCUT2D eigenvalue weighted by Crippen LogP contribution is -2.47. The Morgan fingerprint density at radius 2 is 2.18 bits per heavy atom. The molecule has 0 bridgehead atoms. The van der Waals surface area contributed by atoms with E-state index >= 15 is 0 Å². The molecule has 178 valence electrons. The Morgan fingerprint density at radius 3 is 2.91 bits per heavy atom. The molecule has 5 heterocycles. The number of piperidine rings is 1. The van der Waals surface area contributed by atoms with Crippen molar-refractivity contribution in [3.8, 4) is 11.3 Å². The molecule has 1 saturated heterocycles. The van der Waals surface area contributed by atoms with E-state index in [2.05, 4.69) is 34.8 Å². The monoisotopic (exact) mass is 484 g/mol. The zero-order valence-corrected chi connectivity index (χ0v) is 19.7. The Balaban J connectivity index is 1.27. The van der Waals surface area contributed by atoms with Gasteiger partial charge in [0.05, 0.1) is 36.1 Å². The number of carbonyl (C=O) groups is 1. The second kappa shape index (κ2) is 9.11. The van der Waals surface area contributed by atoms with Crippen LogP contribution in [0.4, 0.5) is 15.2 Å². The topological polar surface area (TPSA) is 113 Å². The van der Waals surface area contributed by atoms with E-state index in [-0.39, 0.29) is 19.4 Å². The van der Waals surface area contributed by atoms with E-state index in [1.165, 1.54) is 11.5 Å². The van der Waals surface area contributed by atoms with E-state index in [9.17, 15) is 9.18 Å². The standard InChI is InChI=1S/C22H25FN8O2S/c1-3-33-21(32)22(23)4-6-30(7-5-22)13-16-8-18(34-29-16)28-19-20-24-11-17(15-9-25-26-10-15)31(20)12-14(2)27-19/h8-12H,3-7,13H2,1-2H3,(H,25,26)(H,27,28). The lowest BCUT2D eigenvalue weighted by atomic mass is 9.93. The molecule has 0 aromatic carbocycles. The summed E-state index contributed by atoms with van der Waals surface area (Å²) in [6.45, 7) is 5.34. The Hall–Kier alpha value is -3.38. The van der Waals surface area contributed by atoms with Crippen molar-refractivity contribution < 1.29 is 13.9 Å². The number of alkyl halides is 1. The van der Waals surface area contributed by atoms with E-state index in [0.29, 0.717) is 31.1 Å². The van der Waals surface area contributed by atoms with Crippen molar-refractivity contribution in [2.45, 2.75) is 38.9 Å². The highest BCUT2D eigenvalue weighted by molar-refractivity contribution is 7.10. The number of ether oxygens (including phenoxy) is 1. The number of carbonyl (C=O) groups excluding carboxylic acids is 1. The lowest BCUT2D eigenvalue weighted by molar-refractivity contribution is -0.160. The maximum Gasteiger partial charge on any atom is 0.343 e. The fourth-order valence-electron chi connectivity index (χ4n) is 4.12. The van der Waals surface area contributed by atoms with Crippen molar-refractivity contribution in [3.63, 3.8) is 0 Å². The number of H-pyrrole nitrogens is 1. The number of hydrogen-bond donors (Lipinski definition) is 2. The zero-order chi connectivity index (χ0) is 23.7. The van der Waals surface area contributed by atoms with Gasteiger partial charge in [0.1, 0.15) is 5.00 Å². The van der Waals surface area contributed by atoms with Crippen LogP contribution in [0.25, 0.3) is 16.9 Å². The van der Waals surface area contributed by atoms with Crippen molar-refractivity contribution in [2.75, 3.05) is 25.0 Å². The molecule has 5 rings (SSSR count). The zero-order valence-electron chi connectivity index (χ0n) is 18.9. The molecule has 0 spiro atoms. The molecule has 1 aliphatic rings. The van der Waals surface area contributed by atoms with Crippen LogP contribution in [0.3, 0.4) is 0 Å². The molecule has 0 unspecified atom stereocenters. The smallest absolute Gasteiger partial charge is 0.343 e. The first-order valence-electron chi connectivity index (χ1n) is 11.1. The van der Waals surface area contributed by atoms with Crippen LogP contribution in [0.1, 0.15) is 31.2 Å². The summed E-state index contributed by atoms with van der Waals surface area (Å²) in [5, 5.41) is 11.0. The van der Waals surface area contributed by atoms with Gasteiger partial charge >= 0.3 is 5.97 Å². The maximum atomic E-state index is 14.8. The number of nitrogens with zero attached hydrogens (tertiary/aromatic N) is 6. The molecule has 12 heteroatoms. The second-order valence-electron chi connectivity index (χ2n) is 8.32. The van der Waals surface area contributed by atoms with Crippen molar-refractivity contribution in [1.29, 1.82) is 0 Å². The van der Waals surface area contributed by atoms with Crippen LogP contribution >= 0.6 is 11.5 Å². The summed E-state index contributed by atoms with van der Waals surface area (Å²) in [4.78, 5) is 23.2. The van der Waals surface area contributed by atoms with Crippen molar-refractivity contribution >= 4 is 34.0 Å². The summed E-state index contributed by atoms with van der Waals surface area (Å²) in [5.74, 6) is -0.110. The predicted octanol–water partition coefficient (Wildman–Crippen LogP) is 3.50. The van der Waals surface area contributed by atoms with E-state index in [4.69, 9.17) is 4.74 Å². The molecule has 1 fully saturated rings. The molecule has 0 amide bonds. The number of fused-ring (bicyclic) bond motifs is 1. The van der Waals surface area contributed by atoms with Gasteiger partial charge in [0.25, 0.3) is 0 Å². The van der Waals surface area contributed by atoms with Crippen LogP contribution in [-0.4, -0.2) is 65.2 Å². The molecule has 0 aliphatic carbocycles. The third kappa shape index (κ3) is 4.38. The molecular formula is C22H25FN8O2S. The van der Waals surface area contributed by atoms with E-state index in [0.717, 1.165) is 27.6 Å². The summed E-state index contributed by atoms with van der Waals surface area (Å²) in [6.07, 6.45) is 7.56. The Kier molecular flexibility index (Phi) is 6.00. The average Bonchev–Trinajstić information content (AvgIpc) is 3.57. The van der Waals surface area contributed by atoms with Gasteiger partial charge in [-0.15, -0.1) is 0 Å². The first kappa shape index (κ1) is 22.4. The Morgan fingerprint density at radius 1 is 1.35 bits per heavy atom. The molecule has 0 radical (unpaired) electrons. The Labute approximate surface area is 199 Å². The molecular weight excluding hydrogens is 459 g/mol. The van der Waals surface area contributed by atoms with Gasteiger partial charge in [-0.2, -0.15) is 9.47 Å². The molecule has 10 nitrogen and oxygen atoms in total. The van der Waals surface area contributed by atoms with Gasteiger partial charge in [0.15, 0.2) is 11.5 Å². The fraction of sp³-hybridized carbons (Fsp3) is 0.409. The third-order valence-electron chi connectivity index (χ3n) is 5.88. The van der Waals surface area contributed by atoms with Crippen molar-refractivity contribution in [3.05, 3.63) is 42.2 Å². The summed E-state index contributed by atoms with van der Waals surface area (Å²) >= 11 is 1.34. The largest absolute Gasteiger partial charge is 0.464 e. The normalized spacial score (nSPS) is 16.1. The van der Waals surface area contributed by atoms with Gasteiger partial charge in [-0.05, 0) is 31.4 Å². The highest BCUT2D eigenvalue weighted by Crippen LogP contribution is 2.30. The quantitative estimate of drug-likeness (QED) is 0.383. The minimum atomic E-state index is -1.89. The number of aromatic nitrogens is 6. The average molecular weight is 485 g/mol. The highest BCUT2D eigenvalue weighted by Gasteiger charge is 2.43. The molecule has 0 atom stereocenters. The van der Waals surface area contributed by atoms with Crippen LogP contribution in [0.15, 0.2) is 30.9 Å². The number of aromatic amines is 1. The van der Waals surface area contributed by atoms with Gasteiger partial charge < -0.3 is 10.1 Å². The number of anilines is 2.